The molecule has 6 heteroatoms. The second-order valence-corrected chi connectivity index (χ2v) is 7.93. The number of thiophene rings is 1. The van der Waals surface area contributed by atoms with Crippen molar-refractivity contribution in [1.29, 1.82) is 0 Å². The van der Waals surface area contributed by atoms with Gasteiger partial charge in [-0.1, -0.05) is 11.6 Å². The maximum absolute atomic E-state index is 5.90. The molecule has 2 heterocycles. The molecule has 0 bridgehead atoms. The Balaban J connectivity index is 1.58. The summed E-state index contributed by atoms with van der Waals surface area (Å²) in [7, 11) is 0. The fourth-order valence-electron chi connectivity index (χ4n) is 2.83. The van der Waals surface area contributed by atoms with E-state index in [0.717, 1.165) is 39.0 Å². The topological polar surface area (TPSA) is 47.0 Å². The van der Waals surface area contributed by atoms with E-state index >= 15 is 0 Å². The highest BCUT2D eigenvalue weighted by atomic mass is 35.5. The molecule has 4 aromatic rings. The number of benzene rings is 2. The predicted octanol–water partition coefficient (Wildman–Crippen LogP) is 6.81. The smallest absolute Gasteiger partial charge is 0.143 e. The van der Waals surface area contributed by atoms with Crippen LogP contribution in [-0.2, 0) is 0 Å². The first-order valence-electron chi connectivity index (χ1n) is 8.54. The highest BCUT2D eigenvalue weighted by Gasteiger charge is 2.13. The van der Waals surface area contributed by atoms with Crippen LogP contribution in [0.5, 0.6) is 11.5 Å². The van der Waals surface area contributed by atoms with Crippen LogP contribution in [0.1, 0.15) is 16.3 Å². The number of halogens is 1. The molecule has 4 rings (SSSR count). The molecule has 1 N–H and O–H groups in total. The number of hydrogen-bond donors (Lipinski definition) is 1. The summed E-state index contributed by atoms with van der Waals surface area (Å²) in [5, 5.41) is 5.20. The molecular formula is C21H18ClN3OS. The van der Waals surface area contributed by atoms with Crippen LogP contribution < -0.4 is 10.1 Å². The first-order valence-corrected chi connectivity index (χ1v) is 9.74. The summed E-state index contributed by atoms with van der Waals surface area (Å²) in [4.78, 5) is 11.5. The van der Waals surface area contributed by atoms with E-state index in [0.29, 0.717) is 5.02 Å². The molecule has 0 spiro atoms. The SMILES string of the molecule is Cc1nc(Nc2ccc(Oc3ccc(Cl)cc3)cc2)c2c(C)c(C)sc2n1. The summed E-state index contributed by atoms with van der Waals surface area (Å²) in [5.41, 5.74) is 2.17. The van der Waals surface area contributed by atoms with Crippen LogP contribution in [0.3, 0.4) is 0 Å². The van der Waals surface area contributed by atoms with Crippen molar-refractivity contribution in [2.45, 2.75) is 20.8 Å². The molecule has 0 saturated carbocycles. The minimum Gasteiger partial charge on any atom is -0.457 e. The van der Waals surface area contributed by atoms with Crippen molar-refractivity contribution >= 4 is 44.7 Å². The molecule has 0 atom stereocenters. The second kappa shape index (κ2) is 7.18. The van der Waals surface area contributed by atoms with Crippen LogP contribution in [0.4, 0.5) is 11.5 Å². The first-order chi connectivity index (χ1) is 13.0. The van der Waals surface area contributed by atoms with Crippen molar-refractivity contribution in [2.75, 3.05) is 5.32 Å². The molecule has 0 radical (unpaired) electrons. The van der Waals surface area contributed by atoms with Gasteiger partial charge in [0.25, 0.3) is 0 Å². The Hall–Kier alpha value is -2.63. The number of anilines is 2. The van der Waals surface area contributed by atoms with Crippen molar-refractivity contribution in [3.8, 4) is 11.5 Å². The molecule has 0 unspecified atom stereocenters. The molecule has 0 fully saturated rings. The first kappa shape index (κ1) is 17.8. The van der Waals surface area contributed by atoms with E-state index in [4.69, 9.17) is 16.3 Å². The summed E-state index contributed by atoms with van der Waals surface area (Å²) in [6.07, 6.45) is 0. The monoisotopic (exact) mass is 395 g/mol. The third kappa shape index (κ3) is 3.75. The lowest BCUT2D eigenvalue weighted by Crippen LogP contribution is -1.98. The highest BCUT2D eigenvalue weighted by Crippen LogP contribution is 2.34. The zero-order valence-electron chi connectivity index (χ0n) is 15.2. The van der Waals surface area contributed by atoms with Gasteiger partial charge in [0.05, 0.1) is 5.39 Å². The van der Waals surface area contributed by atoms with E-state index in [-0.39, 0.29) is 0 Å². The molecule has 2 aromatic carbocycles. The van der Waals surface area contributed by atoms with Crippen molar-refractivity contribution in [3.63, 3.8) is 0 Å². The number of ether oxygens (including phenoxy) is 1. The highest BCUT2D eigenvalue weighted by molar-refractivity contribution is 7.18. The molecule has 0 amide bonds. The minimum atomic E-state index is 0.687. The second-order valence-electron chi connectivity index (χ2n) is 6.29. The van der Waals surface area contributed by atoms with Gasteiger partial charge in [0.1, 0.15) is 28.0 Å². The average Bonchev–Trinajstić information content (AvgIpc) is 2.92. The van der Waals surface area contributed by atoms with Crippen LogP contribution in [0.15, 0.2) is 48.5 Å². The Morgan fingerprint density at radius 3 is 2.19 bits per heavy atom. The molecule has 2 aromatic heterocycles. The molecular weight excluding hydrogens is 378 g/mol. The molecule has 0 saturated heterocycles. The van der Waals surface area contributed by atoms with Crippen LogP contribution in [0, 0.1) is 20.8 Å². The van der Waals surface area contributed by atoms with Crippen molar-refractivity contribution < 1.29 is 4.74 Å². The third-order valence-electron chi connectivity index (χ3n) is 4.31. The third-order valence-corrected chi connectivity index (χ3v) is 5.66. The van der Waals surface area contributed by atoms with Crippen LogP contribution in [0.2, 0.25) is 5.02 Å². The minimum absolute atomic E-state index is 0.687. The van der Waals surface area contributed by atoms with Gasteiger partial charge in [0.15, 0.2) is 0 Å². The van der Waals surface area contributed by atoms with Gasteiger partial charge >= 0.3 is 0 Å². The number of fused-ring (bicyclic) bond motifs is 1. The fourth-order valence-corrected chi connectivity index (χ4v) is 4.03. The molecule has 27 heavy (non-hydrogen) atoms. The lowest BCUT2D eigenvalue weighted by Gasteiger charge is -2.10. The molecule has 0 aliphatic rings. The number of aromatic nitrogens is 2. The number of hydrogen-bond acceptors (Lipinski definition) is 5. The normalized spacial score (nSPS) is 11.0. The van der Waals surface area contributed by atoms with Crippen molar-refractivity contribution in [1.82, 2.24) is 9.97 Å². The standard InChI is InChI=1S/C21H18ClN3OS/c1-12-13(2)27-21-19(12)20(23-14(3)24-21)25-16-6-10-18(11-7-16)26-17-8-4-15(22)5-9-17/h4-11H,1-3H3,(H,23,24,25). The van der Waals surface area contributed by atoms with Gasteiger partial charge in [-0.25, -0.2) is 9.97 Å². The van der Waals surface area contributed by atoms with Crippen LogP contribution >= 0.6 is 22.9 Å². The van der Waals surface area contributed by atoms with Crippen LogP contribution in [0.25, 0.3) is 10.2 Å². The van der Waals surface area contributed by atoms with E-state index in [2.05, 4.69) is 29.1 Å². The summed E-state index contributed by atoms with van der Waals surface area (Å²) < 4.78 is 5.84. The number of aryl methyl sites for hydroxylation is 3. The maximum Gasteiger partial charge on any atom is 0.143 e. The number of nitrogens with zero attached hydrogens (tertiary/aromatic N) is 2. The van der Waals surface area contributed by atoms with Crippen molar-refractivity contribution in [3.05, 3.63) is 69.8 Å². The Morgan fingerprint density at radius 1 is 0.889 bits per heavy atom. The molecule has 4 nitrogen and oxygen atoms in total. The van der Waals surface area contributed by atoms with Gasteiger partial charge in [0, 0.05) is 15.6 Å². The molecule has 0 aliphatic heterocycles. The van der Waals surface area contributed by atoms with Gasteiger partial charge in [-0.3, -0.25) is 0 Å². The lowest BCUT2D eigenvalue weighted by atomic mass is 10.2. The lowest BCUT2D eigenvalue weighted by molar-refractivity contribution is 0.483. The zero-order valence-corrected chi connectivity index (χ0v) is 16.8. The summed E-state index contributed by atoms with van der Waals surface area (Å²) in [6.45, 7) is 6.14. The van der Waals surface area contributed by atoms with Crippen LogP contribution in [-0.4, -0.2) is 9.97 Å². The largest absolute Gasteiger partial charge is 0.457 e. The fraction of sp³-hybridized carbons (Fsp3) is 0.143. The van der Waals surface area contributed by atoms with Gasteiger partial charge in [0.2, 0.25) is 0 Å². The predicted molar refractivity (Wildman–Crippen MR) is 113 cm³/mol. The van der Waals surface area contributed by atoms with E-state index in [9.17, 15) is 0 Å². The van der Waals surface area contributed by atoms with E-state index in [1.807, 2.05) is 43.3 Å². The number of rotatable bonds is 4. The number of nitrogens with one attached hydrogen (secondary N) is 1. The summed E-state index contributed by atoms with van der Waals surface area (Å²) in [5.74, 6) is 3.10. The van der Waals surface area contributed by atoms with E-state index in [1.165, 1.54) is 10.4 Å². The Labute approximate surface area is 166 Å². The Kier molecular flexibility index (Phi) is 4.72. The van der Waals surface area contributed by atoms with E-state index in [1.54, 1.807) is 23.5 Å². The molecule has 136 valence electrons. The molecule has 0 aliphatic carbocycles. The van der Waals surface area contributed by atoms with Gasteiger partial charge in [-0.15, -0.1) is 11.3 Å². The van der Waals surface area contributed by atoms with Crippen molar-refractivity contribution in [2.24, 2.45) is 0 Å². The maximum atomic E-state index is 5.90. The van der Waals surface area contributed by atoms with E-state index < -0.39 is 0 Å². The summed E-state index contributed by atoms with van der Waals surface area (Å²) >= 11 is 7.61. The quantitative estimate of drug-likeness (QED) is 0.412. The van der Waals surface area contributed by atoms with Gasteiger partial charge in [-0.2, -0.15) is 0 Å². The Bertz CT molecular complexity index is 1110. The summed E-state index contributed by atoms with van der Waals surface area (Å²) in [6, 6.07) is 15.1. The van der Waals surface area contributed by atoms with Gasteiger partial charge in [-0.05, 0) is 74.9 Å². The average molecular weight is 396 g/mol. The van der Waals surface area contributed by atoms with Gasteiger partial charge < -0.3 is 10.1 Å². The Morgan fingerprint density at radius 2 is 1.52 bits per heavy atom. The zero-order chi connectivity index (χ0) is 19.0.